The van der Waals surface area contributed by atoms with Crippen LogP contribution in [0.1, 0.15) is 22.8 Å². The van der Waals surface area contributed by atoms with Crippen molar-refractivity contribution < 1.29 is 19.4 Å². The molecule has 1 atom stereocenters. The van der Waals surface area contributed by atoms with Crippen molar-refractivity contribution in [2.45, 2.75) is 19.5 Å². The zero-order valence-corrected chi connectivity index (χ0v) is 22.3. The predicted molar refractivity (Wildman–Crippen MR) is 147 cm³/mol. The fourth-order valence-electron chi connectivity index (χ4n) is 4.57. The van der Waals surface area contributed by atoms with Gasteiger partial charge in [0, 0.05) is 67.8 Å². The van der Waals surface area contributed by atoms with Gasteiger partial charge in [0.2, 0.25) is 11.9 Å². The number of carbonyl (C=O) groups excluding carboxylic acids is 2. The number of carbonyl (C=O) groups is 2. The summed E-state index contributed by atoms with van der Waals surface area (Å²) in [5.41, 5.74) is 3.29. The highest BCUT2D eigenvalue weighted by atomic mass is 35.5. The third-order valence-electron chi connectivity index (χ3n) is 6.56. The van der Waals surface area contributed by atoms with Crippen LogP contribution in [-0.4, -0.2) is 78.2 Å². The maximum Gasteiger partial charge on any atom is 0.253 e. The minimum atomic E-state index is -0.495. The summed E-state index contributed by atoms with van der Waals surface area (Å²) in [6.07, 6.45) is 3.43. The Labute approximate surface area is 226 Å². The molecule has 4 rings (SSSR count). The van der Waals surface area contributed by atoms with Gasteiger partial charge in [0.15, 0.2) is 5.75 Å². The highest BCUT2D eigenvalue weighted by Gasteiger charge is 2.28. The topological polar surface area (TPSA) is 120 Å². The second-order valence-corrected chi connectivity index (χ2v) is 9.31. The second kappa shape index (κ2) is 12.1. The van der Waals surface area contributed by atoms with Crippen molar-refractivity contribution in [1.82, 2.24) is 20.2 Å². The van der Waals surface area contributed by atoms with Crippen LogP contribution in [0.15, 0.2) is 48.8 Å². The Balaban J connectivity index is 1.61. The monoisotopic (exact) mass is 538 g/mol. The Morgan fingerprint density at radius 2 is 1.89 bits per heavy atom. The summed E-state index contributed by atoms with van der Waals surface area (Å²) in [4.78, 5) is 37.4. The van der Waals surface area contributed by atoms with Crippen LogP contribution in [0.5, 0.6) is 5.75 Å². The minimum absolute atomic E-state index is 0.0734. The fraction of sp³-hybridized carbons (Fsp3) is 0.333. The van der Waals surface area contributed by atoms with E-state index in [1.54, 1.807) is 37.5 Å². The zero-order valence-electron chi connectivity index (χ0n) is 21.6. The van der Waals surface area contributed by atoms with Crippen LogP contribution in [0.4, 0.5) is 11.6 Å². The van der Waals surface area contributed by atoms with Crippen LogP contribution in [0, 0.1) is 0 Å². The number of aromatic nitrogens is 2. The number of piperazine rings is 1. The summed E-state index contributed by atoms with van der Waals surface area (Å²) >= 11 is 6.34. The van der Waals surface area contributed by atoms with Crippen LogP contribution in [0.2, 0.25) is 5.02 Å². The normalized spacial score (nSPS) is 15.2. The Morgan fingerprint density at radius 1 is 1.16 bits per heavy atom. The lowest BCUT2D eigenvalue weighted by Crippen LogP contribution is -2.55. The first-order chi connectivity index (χ1) is 18.4. The third kappa shape index (κ3) is 5.66. The standard InChI is InChI=1S/C27H31ClN6O4/c1-17-15-33(10-11-34(17)23(36)16-35)27-31-13-19(14-32-27)20-8-9-21(26(37)29-2)24(25(20)38-3)30-12-18-6-4-5-7-22(18)28/h4-9,13-14,17,30,35H,10-12,15-16H2,1-3H3,(H,29,37)/t17-/m1/s1. The molecule has 2 aromatic carbocycles. The Bertz CT molecular complexity index is 1300. The number of nitrogens with zero attached hydrogens (tertiary/aromatic N) is 4. The van der Waals surface area contributed by atoms with Gasteiger partial charge >= 0.3 is 0 Å². The lowest BCUT2D eigenvalue weighted by molar-refractivity contribution is -0.136. The second-order valence-electron chi connectivity index (χ2n) is 8.91. The van der Waals surface area contributed by atoms with Crippen molar-refractivity contribution in [2.24, 2.45) is 0 Å². The van der Waals surface area contributed by atoms with E-state index in [1.807, 2.05) is 42.2 Å². The molecule has 38 heavy (non-hydrogen) atoms. The molecule has 1 saturated heterocycles. The van der Waals surface area contributed by atoms with Gasteiger partial charge < -0.3 is 30.3 Å². The molecule has 3 aromatic rings. The average Bonchev–Trinajstić information content (AvgIpc) is 2.95. The van der Waals surface area contributed by atoms with Gasteiger partial charge in [-0.1, -0.05) is 29.8 Å². The minimum Gasteiger partial charge on any atom is -0.494 e. The van der Waals surface area contributed by atoms with Crippen molar-refractivity contribution in [3.05, 3.63) is 64.9 Å². The van der Waals surface area contributed by atoms with Crippen molar-refractivity contribution in [1.29, 1.82) is 0 Å². The van der Waals surface area contributed by atoms with Gasteiger partial charge in [-0.05, 0) is 30.7 Å². The van der Waals surface area contributed by atoms with E-state index in [1.165, 1.54) is 0 Å². The van der Waals surface area contributed by atoms with E-state index in [9.17, 15) is 14.7 Å². The first-order valence-corrected chi connectivity index (χ1v) is 12.6. The Hall–Kier alpha value is -3.89. The molecule has 0 saturated carbocycles. The lowest BCUT2D eigenvalue weighted by Gasteiger charge is -2.39. The fourth-order valence-corrected chi connectivity index (χ4v) is 4.77. The smallest absolute Gasteiger partial charge is 0.253 e. The molecule has 0 unspecified atom stereocenters. The zero-order chi connectivity index (χ0) is 27.2. The molecule has 0 radical (unpaired) electrons. The number of aliphatic hydroxyl groups is 1. The highest BCUT2D eigenvalue weighted by molar-refractivity contribution is 6.31. The van der Waals surface area contributed by atoms with E-state index in [2.05, 4.69) is 20.6 Å². The SMILES string of the molecule is CNC(=O)c1ccc(-c2cnc(N3CCN(C(=O)CO)[C@H](C)C3)nc2)c(OC)c1NCc1ccccc1Cl. The molecular weight excluding hydrogens is 508 g/mol. The summed E-state index contributed by atoms with van der Waals surface area (Å²) in [6, 6.07) is 11.0. The summed E-state index contributed by atoms with van der Waals surface area (Å²) in [6.45, 7) is 3.44. The van der Waals surface area contributed by atoms with Gasteiger partial charge in [-0.2, -0.15) is 0 Å². The van der Waals surface area contributed by atoms with Crippen LogP contribution in [0.3, 0.4) is 0 Å². The molecule has 11 heteroatoms. The van der Waals surface area contributed by atoms with Gasteiger partial charge in [0.25, 0.3) is 5.91 Å². The molecule has 0 bridgehead atoms. The molecule has 1 aromatic heterocycles. The van der Waals surface area contributed by atoms with Gasteiger partial charge in [-0.3, -0.25) is 9.59 Å². The van der Waals surface area contributed by atoms with Crippen molar-refractivity contribution >= 4 is 35.1 Å². The van der Waals surface area contributed by atoms with E-state index in [0.29, 0.717) is 54.2 Å². The molecule has 10 nitrogen and oxygen atoms in total. The number of ether oxygens (including phenoxy) is 1. The van der Waals surface area contributed by atoms with Crippen molar-refractivity contribution in [3.63, 3.8) is 0 Å². The van der Waals surface area contributed by atoms with E-state index in [0.717, 1.165) is 16.7 Å². The molecule has 200 valence electrons. The van der Waals surface area contributed by atoms with E-state index < -0.39 is 6.61 Å². The van der Waals surface area contributed by atoms with Gasteiger partial charge in [-0.15, -0.1) is 0 Å². The molecule has 2 amide bonds. The number of methoxy groups -OCH3 is 1. The maximum atomic E-state index is 12.7. The first-order valence-electron chi connectivity index (χ1n) is 12.3. The number of nitrogens with one attached hydrogen (secondary N) is 2. The number of aliphatic hydroxyl groups excluding tert-OH is 1. The lowest BCUT2D eigenvalue weighted by atomic mass is 10.0. The van der Waals surface area contributed by atoms with Crippen LogP contribution >= 0.6 is 11.6 Å². The highest BCUT2D eigenvalue weighted by Crippen LogP contribution is 2.39. The quantitative estimate of drug-likeness (QED) is 0.400. The molecule has 0 spiro atoms. The third-order valence-corrected chi connectivity index (χ3v) is 6.93. The average molecular weight is 539 g/mol. The molecule has 1 aliphatic rings. The molecule has 3 N–H and O–H groups in total. The summed E-state index contributed by atoms with van der Waals surface area (Å²) in [5, 5.41) is 15.8. The molecule has 2 heterocycles. The molecular formula is C27H31ClN6O4. The van der Waals surface area contributed by atoms with Crippen LogP contribution < -0.4 is 20.3 Å². The van der Waals surface area contributed by atoms with E-state index >= 15 is 0 Å². The Kier molecular flexibility index (Phi) is 8.65. The predicted octanol–water partition coefficient (Wildman–Crippen LogP) is 2.81. The number of halogens is 1. The van der Waals surface area contributed by atoms with E-state index in [4.69, 9.17) is 16.3 Å². The summed E-state index contributed by atoms with van der Waals surface area (Å²) in [7, 11) is 3.13. The molecule has 0 aliphatic carbocycles. The van der Waals surface area contributed by atoms with E-state index in [-0.39, 0.29) is 17.9 Å². The largest absolute Gasteiger partial charge is 0.494 e. The number of anilines is 2. The number of hydrogen-bond acceptors (Lipinski definition) is 8. The number of amides is 2. The molecule has 1 fully saturated rings. The Morgan fingerprint density at radius 3 is 2.53 bits per heavy atom. The van der Waals surface area contributed by atoms with Crippen molar-refractivity contribution in [2.75, 3.05) is 50.6 Å². The first kappa shape index (κ1) is 27.2. The number of hydrogen-bond donors (Lipinski definition) is 3. The number of rotatable bonds is 8. The maximum absolute atomic E-state index is 12.7. The van der Waals surface area contributed by atoms with Gasteiger partial charge in [0.05, 0.1) is 18.4 Å². The summed E-state index contributed by atoms with van der Waals surface area (Å²) < 4.78 is 5.79. The summed E-state index contributed by atoms with van der Waals surface area (Å²) in [5.74, 6) is 0.504. The van der Waals surface area contributed by atoms with Gasteiger partial charge in [0.1, 0.15) is 6.61 Å². The van der Waals surface area contributed by atoms with Crippen LogP contribution in [0.25, 0.3) is 11.1 Å². The van der Waals surface area contributed by atoms with Crippen molar-refractivity contribution in [3.8, 4) is 16.9 Å². The van der Waals surface area contributed by atoms with Gasteiger partial charge in [-0.25, -0.2) is 9.97 Å². The molecule has 1 aliphatic heterocycles. The van der Waals surface area contributed by atoms with Crippen LogP contribution in [-0.2, 0) is 11.3 Å². The number of benzene rings is 2.